The molecule has 0 aliphatic carbocycles. The number of hydrogen-bond donors (Lipinski definition) is 0. The van der Waals surface area contributed by atoms with E-state index in [0.717, 1.165) is 13.0 Å². The van der Waals surface area contributed by atoms with Gasteiger partial charge in [-0.3, -0.25) is 4.79 Å². The molecule has 0 fully saturated rings. The number of ether oxygens (including phenoxy) is 2. The highest BCUT2D eigenvalue weighted by molar-refractivity contribution is 5.65. The van der Waals surface area contributed by atoms with Crippen molar-refractivity contribution < 1.29 is 14.3 Å². The van der Waals surface area contributed by atoms with E-state index in [1.54, 1.807) is 0 Å². The van der Waals surface area contributed by atoms with Crippen LogP contribution >= 0.6 is 0 Å². The molecule has 0 aliphatic rings. The van der Waals surface area contributed by atoms with Crippen LogP contribution < -0.4 is 0 Å². The molecule has 0 saturated heterocycles. The fraction of sp³-hybridized carbons (Fsp3) is 0.900. The van der Waals surface area contributed by atoms with Crippen molar-refractivity contribution >= 4 is 5.97 Å². The van der Waals surface area contributed by atoms with Gasteiger partial charge in [0.2, 0.25) is 0 Å². The van der Waals surface area contributed by atoms with Gasteiger partial charge in [0.15, 0.2) is 0 Å². The van der Waals surface area contributed by atoms with Crippen molar-refractivity contribution in [3.05, 3.63) is 0 Å². The van der Waals surface area contributed by atoms with Crippen LogP contribution in [-0.4, -0.2) is 25.8 Å². The summed E-state index contributed by atoms with van der Waals surface area (Å²) in [7, 11) is 0. The fourth-order valence-electron chi connectivity index (χ4n) is 0.977. The molecule has 0 atom stereocenters. The lowest BCUT2D eigenvalue weighted by molar-refractivity contribution is -0.142. The van der Waals surface area contributed by atoms with Gasteiger partial charge in [-0.05, 0) is 6.42 Å². The van der Waals surface area contributed by atoms with Gasteiger partial charge in [0, 0.05) is 13.5 Å². The number of esters is 1. The quantitative estimate of drug-likeness (QED) is 0.432. The smallest absolute Gasteiger partial charge is 0.302 e. The van der Waals surface area contributed by atoms with E-state index in [4.69, 9.17) is 9.47 Å². The van der Waals surface area contributed by atoms with Crippen LogP contribution in [0.2, 0.25) is 0 Å². The maximum atomic E-state index is 10.3. The van der Waals surface area contributed by atoms with E-state index in [1.807, 2.05) is 0 Å². The molecule has 3 nitrogen and oxygen atoms in total. The van der Waals surface area contributed by atoms with E-state index in [2.05, 4.69) is 6.92 Å². The SMILES string of the molecule is CCCCCCOCCOC(C)=O. The summed E-state index contributed by atoms with van der Waals surface area (Å²) in [6.07, 6.45) is 4.85. The lowest BCUT2D eigenvalue weighted by atomic mass is 10.2. The lowest BCUT2D eigenvalue weighted by Crippen LogP contribution is -2.08. The molecule has 78 valence electrons. The minimum Gasteiger partial charge on any atom is -0.463 e. The van der Waals surface area contributed by atoms with E-state index in [9.17, 15) is 4.79 Å². The Morgan fingerprint density at radius 2 is 1.85 bits per heavy atom. The van der Waals surface area contributed by atoms with E-state index >= 15 is 0 Å². The second-order valence-corrected chi connectivity index (χ2v) is 3.01. The second-order valence-electron chi connectivity index (χ2n) is 3.01. The number of carbonyl (C=O) groups is 1. The summed E-state index contributed by atoms with van der Waals surface area (Å²) in [4.78, 5) is 10.3. The molecular formula is C10H20O3. The predicted molar refractivity (Wildman–Crippen MR) is 51.6 cm³/mol. The van der Waals surface area contributed by atoms with Crippen LogP contribution in [0.1, 0.15) is 39.5 Å². The summed E-state index contributed by atoms with van der Waals surface area (Å²) in [6.45, 7) is 5.26. The van der Waals surface area contributed by atoms with E-state index in [-0.39, 0.29) is 5.97 Å². The number of unbranched alkanes of at least 4 members (excludes halogenated alkanes) is 3. The first-order valence-corrected chi connectivity index (χ1v) is 4.98. The highest BCUT2D eigenvalue weighted by atomic mass is 16.6. The Morgan fingerprint density at radius 3 is 2.46 bits per heavy atom. The van der Waals surface area contributed by atoms with Crippen LogP contribution in [0.4, 0.5) is 0 Å². The lowest BCUT2D eigenvalue weighted by Gasteiger charge is -2.03. The zero-order chi connectivity index (χ0) is 9.94. The Labute approximate surface area is 80.4 Å². The normalized spacial score (nSPS) is 10.0. The summed E-state index contributed by atoms with van der Waals surface area (Å²) in [5, 5.41) is 0. The van der Waals surface area contributed by atoms with Gasteiger partial charge >= 0.3 is 5.97 Å². The summed E-state index contributed by atoms with van der Waals surface area (Å²) in [6, 6.07) is 0. The van der Waals surface area contributed by atoms with Crippen LogP contribution in [0.25, 0.3) is 0 Å². The van der Waals surface area contributed by atoms with Crippen molar-refractivity contribution in [1.29, 1.82) is 0 Å². The van der Waals surface area contributed by atoms with Gasteiger partial charge in [-0.1, -0.05) is 26.2 Å². The Bertz CT molecular complexity index is 123. The maximum absolute atomic E-state index is 10.3. The Balaban J connectivity index is 2.87. The molecule has 13 heavy (non-hydrogen) atoms. The van der Waals surface area contributed by atoms with Crippen molar-refractivity contribution in [3.63, 3.8) is 0 Å². The van der Waals surface area contributed by atoms with Crippen molar-refractivity contribution in [3.8, 4) is 0 Å². The molecule has 0 aromatic carbocycles. The average molecular weight is 188 g/mol. The van der Waals surface area contributed by atoms with E-state index in [1.165, 1.54) is 26.2 Å². The molecule has 0 N–H and O–H groups in total. The molecule has 0 rings (SSSR count). The molecule has 0 aliphatic heterocycles. The molecular weight excluding hydrogens is 168 g/mol. The zero-order valence-electron chi connectivity index (χ0n) is 8.67. The third-order valence-electron chi connectivity index (χ3n) is 1.68. The minimum absolute atomic E-state index is 0.241. The second kappa shape index (κ2) is 9.52. The van der Waals surface area contributed by atoms with Crippen LogP contribution in [0.5, 0.6) is 0 Å². The highest BCUT2D eigenvalue weighted by Crippen LogP contribution is 1.98. The van der Waals surface area contributed by atoms with E-state index in [0.29, 0.717) is 13.2 Å². The average Bonchev–Trinajstić information content (AvgIpc) is 2.09. The van der Waals surface area contributed by atoms with Crippen LogP contribution in [0, 0.1) is 0 Å². The summed E-state index contributed by atoms with van der Waals surface area (Å²) < 4.78 is 9.96. The van der Waals surface area contributed by atoms with E-state index < -0.39 is 0 Å². The molecule has 0 heterocycles. The topological polar surface area (TPSA) is 35.5 Å². The van der Waals surface area contributed by atoms with Gasteiger partial charge in [0.25, 0.3) is 0 Å². The monoisotopic (exact) mass is 188 g/mol. The van der Waals surface area contributed by atoms with Crippen molar-refractivity contribution in [2.24, 2.45) is 0 Å². The minimum atomic E-state index is -0.241. The van der Waals surface area contributed by atoms with Crippen LogP contribution in [0.15, 0.2) is 0 Å². The third-order valence-corrected chi connectivity index (χ3v) is 1.68. The van der Waals surface area contributed by atoms with Gasteiger partial charge < -0.3 is 9.47 Å². The summed E-state index contributed by atoms with van der Waals surface area (Å²) >= 11 is 0. The molecule has 0 unspecified atom stereocenters. The van der Waals surface area contributed by atoms with Crippen molar-refractivity contribution in [2.45, 2.75) is 39.5 Å². The number of hydrogen-bond acceptors (Lipinski definition) is 3. The maximum Gasteiger partial charge on any atom is 0.302 e. The molecule has 0 saturated carbocycles. The highest BCUT2D eigenvalue weighted by Gasteiger charge is 1.92. The molecule has 0 bridgehead atoms. The zero-order valence-corrected chi connectivity index (χ0v) is 8.67. The Hall–Kier alpha value is -0.570. The van der Waals surface area contributed by atoms with Crippen molar-refractivity contribution in [2.75, 3.05) is 19.8 Å². The van der Waals surface area contributed by atoms with Gasteiger partial charge in [0.05, 0.1) is 6.61 Å². The van der Waals surface area contributed by atoms with Gasteiger partial charge in [0.1, 0.15) is 6.61 Å². The third kappa shape index (κ3) is 11.4. The first-order chi connectivity index (χ1) is 6.27. The summed E-state index contributed by atoms with van der Waals surface area (Å²) in [5.74, 6) is -0.241. The summed E-state index contributed by atoms with van der Waals surface area (Å²) in [5.41, 5.74) is 0. The molecule has 0 aromatic rings. The molecule has 0 aromatic heterocycles. The standard InChI is InChI=1S/C10H20O3/c1-3-4-5-6-7-12-8-9-13-10(2)11/h3-9H2,1-2H3. The Morgan fingerprint density at radius 1 is 1.08 bits per heavy atom. The van der Waals surface area contributed by atoms with Crippen LogP contribution in [0.3, 0.4) is 0 Å². The number of rotatable bonds is 8. The van der Waals surface area contributed by atoms with Crippen molar-refractivity contribution in [1.82, 2.24) is 0 Å². The largest absolute Gasteiger partial charge is 0.463 e. The predicted octanol–water partition coefficient (Wildman–Crippen LogP) is 2.15. The fourth-order valence-corrected chi connectivity index (χ4v) is 0.977. The Kier molecular flexibility index (Phi) is 9.10. The molecule has 0 radical (unpaired) electrons. The first-order valence-electron chi connectivity index (χ1n) is 4.98. The molecule has 0 spiro atoms. The van der Waals surface area contributed by atoms with Gasteiger partial charge in [-0.2, -0.15) is 0 Å². The molecule has 0 amide bonds. The molecule has 3 heteroatoms. The number of carbonyl (C=O) groups excluding carboxylic acids is 1. The van der Waals surface area contributed by atoms with Crippen LogP contribution in [-0.2, 0) is 14.3 Å². The van der Waals surface area contributed by atoms with Gasteiger partial charge in [-0.25, -0.2) is 0 Å². The first kappa shape index (κ1) is 12.4. The van der Waals surface area contributed by atoms with Gasteiger partial charge in [-0.15, -0.1) is 0 Å².